The Morgan fingerprint density at radius 2 is 2.00 bits per heavy atom. The first-order valence-corrected chi connectivity index (χ1v) is 6.07. The molecule has 0 fully saturated rings. The summed E-state index contributed by atoms with van der Waals surface area (Å²) in [6.45, 7) is 2.76. The zero-order chi connectivity index (χ0) is 14.0. The van der Waals surface area contributed by atoms with Gasteiger partial charge in [0.25, 0.3) is 0 Å². The quantitative estimate of drug-likeness (QED) is 0.453. The van der Waals surface area contributed by atoms with Gasteiger partial charge in [-0.3, -0.25) is 0 Å². The van der Waals surface area contributed by atoms with Crippen molar-refractivity contribution < 1.29 is 24.9 Å². The molecule has 18 heavy (non-hydrogen) atoms. The van der Waals surface area contributed by atoms with Gasteiger partial charge in [-0.2, -0.15) is 0 Å². The molecule has 7 heteroatoms. The molecule has 0 spiro atoms. The molecular weight excluding hydrogens is 240 g/mol. The van der Waals surface area contributed by atoms with Crippen LogP contribution in [0, 0.1) is 0 Å². The lowest BCUT2D eigenvalue weighted by molar-refractivity contribution is -0.146. The van der Waals surface area contributed by atoms with Crippen molar-refractivity contribution in [3.63, 3.8) is 0 Å². The summed E-state index contributed by atoms with van der Waals surface area (Å²) in [7, 11) is 0. The fourth-order valence-corrected chi connectivity index (χ4v) is 1.34. The van der Waals surface area contributed by atoms with Crippen LogP contribution in [-0.2, 0) is 4.79 Å². The van der Waals surface area contributed by atoms with E-state index in [0.717, 1.165) is 12.8 Å². The monoisotopic (exact) mass is 262 g/mol. The largest absolute Gasteiger partial charge is 0.479 e. The number of carbonyl (C=O) groups is 2. The summed E-state index contributed by atoms with van der Waals surface area (Å²) in [5.74, 6) is -1.30. The number of unbranched alkanes of at least 4 members (excludes halogenated alkanes) is 1. The molecule has 0 aliphatic rings. The molecule has 106 valence electrons. The van der Waals surface area contributed by atoms with Crippen LogP contribution in [0.3, 0.4) is 0 Å². The van der Waals surface area contributed by atoms with Crippen LogP contribution in [0.2, 0.25) is 0 Å². The van der Waals surface area contributed by atoms with Gasteiger partial charge in [0.1, 0.15) is 0 Å². The van der Waals surface area contributed by atoms with Crippen molar-refractivity contribution >= 4 is 12.0 Å². The molecule has 0 aromatic rings. The van der Waals surface area contributed by atoms with Gasteiger partial charge < -0.3 is 25.5 Å². The van der Waals surface area contributed by atoms with Gasteiger partial charge in [-0.25, -0.2) is 9.59 Å². The Bertz CT molecular complexity index is 260. The molecule has 0 unspecified atom stereocenters. The third kappa shape index (κ3) is 7.08. The minimum Gasteiger partial charge on any atom is -0.479 e. The summed E-state index contributed by atoms with van der Waals surface area (Å²) in [5, 5.41) is 28.8. The third-order valence-electron chi connectivity index (χ3n) is 2.42. The maximum atomic E-state index is 11.7. The summed E-state index contributed by atoms with van der Waals surface area (Å²) in [5.41, 5.74) is 0. The Labute approximate surface area is 106 Å². The van der Waals surface area contributed by atoms with Gasteiger partial charge >= 0.3 is 12.0 Å². The highest BCUT2D eigenvalue weighted by molar-refractivity contribution is 5.74. The first kappa shape index (κ1) is 16.7. The average Bonchev–Trinajstić information content (AvgIpc) is 2.33. The second kappa shape index (κ2) is 9.67. The molecule has 0 aliphatic carbocycles. The summed E-state index contributed by atoms with van der Waals surface area (Å²) >= 11 is 0. The predicted octanol–water partition coefficient (Wildman–Crippen LogP) is -0.374. The van der Waals surface area contributed by atoms with Crippen molar-refractivity contribution in [3.05, 3.63) is 0 Å². The van der Waals surface area contributed by atoms with Crippen molar-refractivity contribution in [2.75, 3.05) is 26.2 Å². The number of aliphatic hydroxyl groups excluding tert-OH is 2. The molecule has 0 radical (unpaired) electrons. The van der Waals surface area contributed by atoms with E-state index in [9.17, 15) is 9.59 Å². The van der Waals surface area contributed by atoms with Crippen molar-refractivity contribution in [2.45, 2.75) is 32.3 Å². The number of nitrogens with zero attached hydrogens (tertiary/aromatic N) is 1. The number of nitrogens with one attached hydrogen (secondary N) is 1. The normalized spacial score (nSPS) is 11.9. The summed E-state index contributed by atoms with van der Waals surface area (Å²) in [6, 6.07) is -0.352. The standard InChI is InChI=1S/C11H22N2O5/c1-2-3-6-13(7-8-14)11(18)12-5-4-9(15)10(16)17/h9,14-15H,2-8H2,1H3,(H,12,18)(H,16,17)/t9-/m0/s1. The number of carbonyl (C=O) groups excluding carboxylic acids is 1. The van der Waals surface area contributed by atoms with Crippen LogP contribution in [-0.4, -0.2) is 64.6 Å². The minimum absolute atomic E-state index is 0.0399. The van der Waals surface area contributed by atoms with E-state index in [1.165, 1.54) is 4.90 Å². The molecule has 1 atom stereocenters. The van der Waals surface area contributed by atoms with Crippen molar-refractivity contribution in [1.82, 2.24) is 10.2 Å². The van der Waals surface area contributed by atoms with Gasteiger partial charge in [-0.05, 0) is 6.42 Å². The Hall–Kier alpha value is -1.34. The zero-order valence-corrected chi connectivity index (χ0v) is 10.6. The SMILES string of the molecule is CCCCN(CCO)C(=O)NCC[C@H](O)C(=O)O. The highest BCUT2D eigenvalue weighted by Gasteiger charge is 2.15. The number of rotatable bonds is 9. The zero-order valence-electron chi connectivity index (χ0n) is 10.6. The second-order valence-corrected chi connectivity index (χ2v) is 3.94. The molecule has 0 saturated carbocycles. The molecule has 0 aromatic heterocycles. The van der Waals surface area contributed by atoms with Crippen molar-refractivity contribution in [3.8, 4) is 0 Å². The first-order valence-electron chi connectivity index (χ1n) is 6.07. The van der Waals surface area contributed by atoms with Crippen LogP contribution >= 0.6 is 0 Å². The van der Waals surface area contributed by atoms with Crippen LogP contribution < -0.4 is 5.32 Å². The molecule has 4 N–H and O–H groups in total. The van der Waals surface area contributed by atoms with Crippen LogP contribution in [0.4, 0.5) is 4.79 Å². The number of carboxylic acids is 1. The Balaban J connectivity index is 3.97. The molecule has 2 amide bonds. The van der Waals surface area contributed by atoms with Gasteiger partial charge in [-0.1, -0.05) is 13.3 Å². The van der Waals surface area contributed by atoms with Crippen molar-refractivity contribution in [1.29, 1.82) is 0 Å². The molecule has 0 aromatic carbocycles. The fourth-order valence-electron chi connectivity index (χ4n) is 1.34. The number of hydrogen-bond donors (Lipinski definition) is 4. The van der Waals surface area contributed by atoms with E-state index < -0.39 is 12.1 Å². The summed E-state index contributed by atoms with van der Waals surface area (Å²) in [6.07, 6.45) is 0.271. The van der Waals surface area contributed by atoms with Gasteiger partial charge in [0.2, 0.25) is 0 Å². The molecule has 7 nitrogen and oxygen atoms in total. The molecule has 0 bridgehead atoms. The maximum Gasteiger partial charge on any atom is 0.332 e. The average molecular weight is 262 g/mol. The summed E-state index contributed by atoms with van der Waals surface area (Å²) in [4.78, 5) is 23.5. The molecular formula is C11H22N2O5. The topological polar surface area (TPSA) is 110 Å². The minimum atomic E-state index is -1.47. The van der Waals surface area contributed by atoms with Gasteiger partial charge in [0.05, 0.1) is 6.61 Å². The van der Waals surface area contributed by atoms with Gasteiger partial charge in [-0.15, -0.1) is 0 Å². The summed E-state index contributed by atoms with van der Waals surface area (Å²) < 4.78 is 0. The van der Waals surface area contributed by atoms with E-state index in [1.54, 1.807) is 0 Å². The van der Waals surface area contributed by atoms with E-state index >= 15 is 0 Å². The lowest BCUT2D eigenvalue weighted by Crippen LogP contribution is -2.43. The predicted molar refractivity (Wildman–Crippen MR) is 65.2 cm³/mol. The number of aliphatic hydroxyl groups is 2. The highest BCUT2D eigenvalue weighted by atomic mass is 16.4. The van der Waals surface area contributed by atoms with Crippen LogP contribution in [0.5, 0.6) is 0 Å². The highest BCUT2D eigenvalue weighted by Crippen LogP contribution is 1.96. The van der Waals surface area contributed by atoms with E-state index in [-0.39, 0.29) is 32.1 Å². The van der Waals surface area contributed by atoms with E-state index in [1.807, 2.05) is 6.92 Å². The number of urea groups is 1. The number of aliphatic carboxylic acids is 1. The van der Waals surface area contributed by atoms with E-state index in [4.69, 9.17) is 15.3 Å². The molecule has 0 rings (SSSR count). The maximum absolute atomic E-state index is 11.7. The van der Waals surface area contributed by atoms with Crippen LogP contribution in [0.25, 0.3) is 0 Å². The lowest BCUT2D eigenvalue weighted by Gasteiger charge is -2.22. The van der Waals surface area contributed by atoms with Crippen LogP contribution in [0.15, 0.2) is 0 Å². The second-order valence-electron chi connectivity index (χ2n) is 3.94. The van der Waals surface area contributed by atoms with Crippen molar-refractivity contribution in [2.24, 2.45) is 0 Å². The number of amides is 2. The van der Waals surface area contributed by atoms with Gasteiger partial charge in [0.15, 0.2) is 6.10 Å². The fraction of sp³-hybridized carbons (Fsp3) is 0.818. The van der Waals surface area contributed by atoms with E-state index in [2.05, 4.69) is 5.32 Å². The molecule has 0 heterocycles. The molecule has 0 saturated heterocycles. The molecule has 0 aliphatic heterocycles. The van der Waals surface area contributed by atoms with E-state index in [0.29, 0.717) is 6.54 Å². The Morgan fingerprint density at radius 3 is 2.50 bits per heavy atom. The smallest absolute Gasteiger partial charge is 0.332 e. The van der Waals surface area contributed by atoms with Crippen LogP contribution in [0.1, 0.15) is 26.2 Å². The lowest BCUT2D eigenvalue weighted by atomic mass is 10.2. The van der Waals surface area contributed by atoms with Gasteiger partial charge in [0, 0.05) is 26.1 Å². The third-order valence-corrected chi connectivity index (χ3v) is 2.42. The Morgan fingerprint density at radius 1 is 1.33 bits per heavy atom. The first-order chi connectivity index (χ1) is 8.52. The number of carboxylic acid groups (broad SMARTS) is 1. The number of hydrogen-bond acceptors (Lipinski definition) is 4. The Kier molecular flexibility index (Phi) is 8.95.